The van der Waals surface area contributed by atoms with E-state index in [0.29, 0.717) is 44.0 Å². The molecule has 5 nitrogen and oxygen atoms in total. The Labute approximate surface area is 268 Å². The van der Waals surface area contributed by atoms with E-state index in [-0.39, 0.29) is 5.91 Å². The van der Waals surface area contributed by atoms with Crippen LogP contribution >= 0.6 is 11.8 Å². The average Bonchev–Trinajstić information content (AvgIpc) is 3.40. The summed E-state index contributed by atoms with van der Waals surface area (Å²) in [5, 5.41) is 5.00. The minimum atomic E-state index is 0.223. The summed E-state index contributed by atoms with van der Waals surface area (Å²) in [5.41, 5.74) is 9.48. The average molecular weight is 612 g/mol. The Hall–Kier alpha value is -3.09. The Balaban J connectivity index is 1.55. The van der Waals surface area contributed by atoms with Gasteiger partial charge in [0.1, 0.15) is 0 Å². The number of allylic oxidation sites excluding steroid dienone is 8. The van der Waals surface area contributed by atoms with Gasteiger partial charge >= 0.3 is 0 Å². The maximum Gasteiger partial charge on any atom is 0.223 e. The molecule has 44 heavy (non-hydrogen) atoms. The first-order chi connectivity index (χ1) is 21.3. The van der Waals surface area contributed by atoms with Crippen molar-refractivity contribution in [1.82, 2.24) is 15.2 Å². The zero-order valence-electron chi connectivity index (χ0n) is 27.1. The van der Waals surface area contributed by atoms with E-state index in [9.17, 15) is 4.79 Å². The Morgan fingerprint density at radius 2 is 1.89 bits per heavy atom. The lowest BCUT2D eigenvalue weighted by Crippen LogP contribution is -2.40. The van der Waals surface area contributed by atoms with Gasteiger partial charge in [-0.15, -0.1) is 0 Å². The summed E-state index contributed by atoms with van der Waals surface area (Å²) in [6.45, 7) is 15.4. The molecule has 1 aliphatic carbocycles. The van der Waals surface area contributed by atoms with Gasteiger partial charge < -0.3 is 15.0 Å². The number of aromatic nitrogens is 1. The van der Waals surface area contributed by atoms with Gasteiger partial charge in [0.05, 0.1) is 34.7 Å². The fraction of sp³-hybridized carbons (Fsp3) is 0.474. The maximum atomic E-state index is 13.4. The molecule has 1 aromatic heterocycles. The van der Waals surface area contributed by atoms with Gasteiger partial charge in [-0.05, 0) is 87.3 Å². The molecule has 1 saturated carbocycles. The molecule has 1 aromatic carbocycles. The minimum absolute atomic E-state index is 0.223. The number of nitrogens with zero attached hydrogens (tertiary/aromatic N) is 2. The molecule has 1 amide bonds. The van der Waals surface area contributed by atoms with Gasteiger partial charge in [0, 0.05) is 30.6 Å². The van der Waals surface area contributed by atoms with Crippen LogP contribution in [0.3, 0.4) is 0 Å². The van der Waals surface area contributed by atoms with Gasteiger partial charge in [-0.3, -0.25) is 4.79 Å². The van der Waals surface area contributed by atoms with Crippen molar-refractivity contribution in [3.63, 3.8) is 0 Å². The summed E-state index contributed by atoms with van der Waals surface area (Å²) in [7, 11) is 0. The third-order valence-electron chi connectivity index (χ3n) is 9.09. The van der Waals surface area contributed by atoms with Gasteiger partial charge in [-0.2, -0.15) is 0 Å². The normalized spacial score (nSPS) is 20.8. The van der Waals surface area contributed by atoms with Gasteiger partial charge in [0.15, 0.2) is 0 Å². The van der Waals surface area contributed by atoms with Crippen LogP contribution in [0.4, 0.5) is 0 Å². The number of pyridine rings is 1. The van der Waals surface area contributed by atoms with E-state index in [2.05, 4.69) is 88.2 Å². The molecule has 3 aliphatic rings. The molecule has 3 heterocycles. The zero-order valence-corrected chi connectivity index (χ0v) is 27.9. The highest BCUT2D eigenvalue weighted by Gasteiger charge is 2.24. The van der Waals surface area contributed by atoms with Crippen molar-refractivity contribution in [2.45, 2.75) is 84.4 Å². The maximum absolute atomic E-state index is 13.4. The number of nitrogens with one attached hydrogen (secondary N) is 1. The SMILES string of the molecule is C=C(/C=C/C(C)=C/C(=C(\CCC(=O)N1CCOCC1)c1ccc2nc(C3=C(C)NC(C)S3)ccc2c1)C1CCCCC1)CC. The third-order valence-corrected chi connectivity index (χ3v) is 10.3. The lowest BCUT2D eigenvalue weighted by atomic mass is 9.78. The van der Waals surface area contributed by atoms with Gasteiger partial charge in [-0.25, -0.2) is 4.98 Å². The number of amides is 1. The summed E-state index contributed by atoms with van der Waals surface area (Å²) >= 11 is 1.83. The Kier molecular flexibility index (Phi) is 11.2. The number of carbonyl (C=O) groups is 1. The van der Waals surface area contributed by atoms with Crippen molar-refractivity contribution < 1.29 is 9.53 Å². The van der Waals surface area contributed by atoms with Crippen molar-refractivity contribution >= 4 is 39.1 Å². The molecule has 234 valence electrons. The van der Waals surface area contributed by atoms with Crippen LogP contribution in [0.2, 0.25) is 0 Å². The zero-order chi connectivity index (χ0) is 31.1. The standard InChI is InChI=1S/C38H49N3O2S/c1-6-26(2)12-13-27(3)24-34(30-10-8-7-9-11-30)33(16-19-37(42)41-20-22-43-23-21-41)31-14-17-35-32(25-31)15-18-36(40-35)38-28(4)39-29(5)44-38/h12-15,17-18,24-25,29-30,39H,2,6-11,16,19-23H2,1,3-5H3/b13-12+,27-24+,34-33-. The molecule has 2 aliphatic heterocycles. The Morgan fingerprint density at radius 3 is 2.59 bits per heavy atom. The van der Waals surface area contributed by atoms with E-state index in [0.717, 1.165) is 35.0 Å². The van der Waals surface area contributed by atoms with Crippen LogP contribution in [0.25, 0.3) is 21.4 Å². The summed E-state index contributed by atoms with van der Waals surface area (Å²) < 4.78 is 5.51. The number of hydrogen-bond donors (Lipinski definition) is 1. The second kappa shape index (κ2) is 15.3. The summed E-state index contributed by atoms with van der Waals surface area (Å²) in [4.78, 5) is 21.7. The number of thioether (sulfide) groups is 1. The topological polar surface area (TPSA) is 54.5 Å². The highest BCUT2D eigenvalue weighted by Crippen LogP contribution is 2.40. The van der Waals surface area contributed by atoms with E-state index in [4.69, 9.17) is 9.72 Å². The Morgan fingerprint density at radius 1 is 1.11 bits per heavy atom. The molecule has 1 saturated heterocycles. The highest BCUT2D eigenvalue weighted by molar-refractivity contribution is 8.09. The van der Waals surface area contributed by atoms with Crippen LogP contribution in [0.1, 0.15) is 90.3 Å². The first-order valence-electron chi connectivity index (χ1n) is 16.5. The lowest BCUT2D eigenvalue weighted by molar-refractivity contribution is -0.135. The van der Waals surface area contributed by atoms with Crippen LogP contribution in [-0.2, 0) is 9.53 Å². The lowest BCUT2D eigenvalue weighted by Gasteiger charge is -2.28. The molecular formula is C38H49N3O2S. The molecule has 1 atom stereocenters. The summed E-state index contributed by atoms with van der Waals surface area (Å²) in [6, 6.07) is 11.1. The summed E-state index contributed by atoms with van der Waals surface area (Å²) in [5.74, 6) is 0.719. The number of benzene rings is 1. The van der Waals surface area contributed by atoms with E-state index in [1.54, 1.807) is 0 Å². The van der Waals surface area contributed by atoms with Gasteiger partial charge in [-0.1, -0.05) is 86.0 Å². The number of hydrogen-bond acceptors (Lipinski definition) is 5. The van der Waals surface area contributed by atoms with Crippen molar-refractivity contribution in [2.24, 2.45) is 5.92 Å². The van der Waals surface area contributed by atoms with Crippen molar-refractivity contribution in [3.05, 3.63) is 88.8 Å². The second-order valence-electron chi connectivity index (χ2n) is 12.5. The van der Waals surface area contributed by atoms with Gasteiger partial charge in [0.25, 0.3) is 0 Å². The molecule has 2 fully saturated rings. The number of rotatable bonds is 10. The van der Waals surface area contributed by atoms with Gasteiger partial charge in [0.2, 0.25) is 5.91 Å². The first kappa shape index (κ1) is 32.3. The predicted octanol–water partition coefficient (Wildman–Crippen LogP) is 9.05. The smallest absolute Gasteiger partial charge is 0.223 e. The third kappa shape index (κ3) is 8.13. The van der Waals surface area contributed by atoms with E-state index in [1.165, 1.54) is 65.0 Å². The second-order valence-corrected chi connectivity index (χ2v) is 13.8. The molecule has 0 bridgehead atoms. The molecule has 1 unspecified atom stereocenters. The molecule has 0 spiro atoms. The molecule has 6 heteroatoms. The largest absolute Gasteiger partial charge is 0.378 e. The number of carbonyl (C=O) groups excluding carboxylic acids is 1. The molecular weight excluding hydrogens is 563 g/mol. The number of fused-ring (bicyclic) bond motifs is 1. The van der Waals surface area contributed by atoms with Crippen LogP contribution in [0.5, 0.6) is 0 Å². The first-order valence-corrected chi connectivity index (χ1v) is 17.4. The van der Waals surface area contributed by atoms with Crippen LogP contribution < -0.4 is 5.32 Å². The number of morpholine rings is 1. The van der Waals surface area contributed by atoms with Crippen LogP contribution in [-0.4, -0.2) is 47.5 Å². The van der Waals surface area contributed by atoms with E-state index < -0.39 is 0 Å². The number of ether oxygens (including phenoxy) is 1. The Bertz CT molecular complexity index is 1490. The fourth-order valence-electron chi connectivity index (χ4n) is 6.54. The van der Waals surface area contributed by atoms with E-state index in [1.807, 2.05) is 16.7 Å². The highest BCUT2D eigenvalue weighted by atomic mass is 32.2. The minimum Gasteiger partial charge on any atom is -0.378 e. The van der Waals surface area contributed by atoms with Crippen molar-refractivity contribution in [1.29, 1.82) is 0 Å². The monoisotopic (exact) mass is 611 g/mol. The molecule has 2 aromatic rings. The predicted molar refractivity (Wildman–Crippen MR) is 187 cm³/mol. The van der Waals surface area contributed by atoms with Crippen molar-refractivity contribution in [2.75, 3.05) is 26.3 Å². The van der Waals surface area contributed by atoms with Crippen LogP contribution in [0, 0.1) is 5.92 Å². The molecule has 0 radical (unpaired) electrons. The fourth-order valence-corrected chi connectivity index (χ4v) is 7.60. The van der Waals surface area contributed by atoms with E-state index >= 15 is 0 Å². The summed E-state index contributed by atoms with van der Waals surface area (Å²) in [6.07, 6.45) is 15.1. The van der Waals surface area contributed by atoms with Crippen LogP contribution in [0.15, 0.2) is 77.6 Å². The quantitative estimate of drug-likeness (QED) is 0.272. The van der Waals surface area contributed by atoms with Crippen molar-refractivity contribution in [3.8, 4) is 0 Å². The molecule has 1 N–H and O–H groups in total. The molecule has 5 rings (SSSR count).